The number of hydrogen-bond donors (Lipinski definition) is 4. The van der Waals surface area contributed by atoms with Crippen LogP contribution in [0.1, 0.15) is 70.4 Å². The van der Waals surface area contributed by atoms with E-state index in [1.54, 1.807) is 20.8 Å². The Bertz CT molecular complexity index is 1360. The van der Waals surface area contributed by atoms with Gasteiger partial charge in [-0.05, 0) is 81.1 Å². The zero-order chi connectivity index (χ0) is 35.2. The number of carbonyl (C=O) groups is 5. The average Bonchev–Trinajstić information content (AvgIpc) is 3.05. The Labute approximate surface area is 280 Å². The van der Waals surface area contributed by atoms with Gasteiger partial charge in [-0.15, -0.1) is 0 Å². The molecular formula is C33H45N7O8. The van der Waals surface area contributed by atoms with Gasteiger partial charge in [0, 0.05) is 18.0 Å². The number of nitrogens with zero attached hydrogens (tertiary/aromatic N) is 3. The van der Waals surface area contributed by atoms with Crippen LogP contribution in [0.4, 0.5) is 14.4 Å². The highest BCUT2D eigenvalue weighted by Crippen LogP contribution is 2.10. The summed E-state index contributed by atoms with van der Waals surface area (Å²) in [5, 5.41) is 13.5. The van der Waals surface area contributed by atoms with Crippen LogP contribution in [-0.4, -0.2) is 60.9 Å². The summed E-state index contributed by atoms with van der Waals surface area (Å²) in [5.74, 6) is -1.57. The summed E-state index contributed by atoms with van der Waals surface area (Å²) in [5.41, 5.74) is 9.68. The molecule has 2 aromatic rings. The summed E-state index contributed by atoms with van der Waals surface area (Å²) in [4.78, 5) is 64.9. The molecule has 15 nitrogen and oxygen atoms in total. The molecule has 5 amide bonds. The van der Waals surface area contributed by atoms with Crippen molar-refractivity contribution >= 4 is 30.1 Å². The van der Waals surface area contributed by atoms with Gasteiger partial charge in [-0.1, -0.05) is 60.7 Å². The first-order valence-corrected chi connectivity index (χ1v) is 15.7. The van der Waals surface area contributed by atoms with Gasteiger partial charge in [-0.25, -0.2) is 14.4 Å². The standard InChI is InChI=1S/C33H45N7O8/c1-33(2,3)48-32(45)38-26(18-10-12-20-35-30(43)46-22-24-14-6-4-7-15-24)28(41)37-27(29(42)39-40-34)19-11-13-21-36-31(44)47-23-25-16-8-5-9-17-25/h4-9,14-17,26-27H,10-13,18-23H2,1-3H3,(H,35,43)(H,36,44)(H,37,41)(H,38,45)/t26-,27-/m0/s1. The smallest absolute Gasteiger partial charge is 0.408 e. The van der Waals surface area contributed by atoms with Crippen LogP contribution in [0.5, 0.6) is 0 Å². The van der Waals surface area contributed by atoms with Crippen LogP contribution >= 0.6 is 0 Å². The average molecular weight is 668 g/mol. The molecule has 0 bridgehead atoms. The van der Waals surface area contributed by atoms with E-state index in [1.807, 2.05) is 60.7 Å². The van der Waals surface area contributed by atoms with Crippen LogP contribution in [-0.2, 0) is 37.0 Å². The van der Waals surface area contributed by atoms with Gasteiger partial charge >= 0.3 is 18.3 Å². The van der Waals surface area contributed by atoms with E-state index in [0.717, 1.165) is 11.1 Å². The second-order valence-electron chi connectivity index (χ2n) is 11.8. The lowest BCUT2D eigenvalue weighted by Gasteiger charge is -2.25. The SMILES string of the molecule is CC(C)(C)OC(=O)N[C@@H](CCCCNC(=O)OCc1ccccc1)C(=O)N[C@@H](CCCCNC(=O)OCc1ccccc1)C(=O)N=[N+]=[N-]. The number of azide groups is 1. The highest BCUT2D eigenvalue weighted by Gasteiger charge is 2.28. The van der Waals surface area contributed by atoms with Crippen molar-refractivity contribution in [2.75, 3.05) is 13.1 Å². The number of rotatable bonds is 18. The Morgan fingerprint density at radius 2 is 1.19 bits per heavy atom. The van der Waals surface area contributed by atoms with Gasteiger partial charge < -0.3 is 35.5 Å². The predicted molar refractivity (Wildman–Crippen MR) is 176 cm³/mol. The molecule has 0 fully saturated rings. The molecule has 48 heavy (non-hydrogen) atoms. The molecular weight excluding hydrogens is 622 g/mol. The molecule has 2 atom stereocenters. The van der Waals surface area contributed by atoms with Crippen LogP contribution in [0.2, 0.25) is 0 Å². The highest BCUT2D eigenvalue weighted by atomic mass is 16.6. The summed E-state index contributed by atoms with van der Waals surface area (Å²) in [6.45, 7) is 5.80. The molecule has 0 spiro atoms. The highest BCUT2D eigenvalue weighted by molar-refractivity contribution is 5.91. The van der Waals surface area contributed by atoms with Gasteiger partial charge in [0.15, 0.2) is 0 Å². The van der Waals surface area contributed by atoms with Crippen molar-refractivity contribution in [3.05, 3.63) is 82.2 Å². The van der Waals surface area contributed by atoms with Crippen molar-refractivity contribution in [3.8, 4) is 0 Å². The number of unbranched alkanes of at least 4 members (excludes halogenated alkanes) is 2. The molecule has 0 aliphatic rings. The monoisotopic (exact) mass is 667 g/mol. The van der Waals surface area contributed by atoms with Gasteiger partial charge in [0.05, 0.1) is 6.04 Å². The molecule has 4 N–H and O–H groups in total. The minimum absolute atomic E-state index is 0.110. The molecule has 0 radical (unpaired) electrons. The molecule has 15 heteroatoms. The lowest BCUT2D eigenvalue weighted by molar-refractivity contribution is -0.128. The summed E-state index contributed by atoms with van der Waals surface area (Å²) in [6.07, 6.45) is -0.0439. The van der Waals surface area contributed by atoms with E-state index < -0.39 is 47.8 Å². The van der Waals surface area contributed by atoms with Crippen LogP contribution in [0.25, 0.3) is 10.4 Å². The Hall–Kier alpha value is -5.30. The third-order valence-electron chi connectivity index (χ3n) is 6.57. The van der Waals surface area contributed by atoms with Gasteiger partial charge in [-0.2, -0.15) is 0 Å². The van der Waals surface area contributed by atoms with E-state index in [2.05, 4.69) is 31.3 Å². The molecule has 0 saturated heterocycles. The minimum Gasteiger partial charge on any atom is -0.445 e. The fraction of sp³-hybridized carbons (Fsp3) is 0.485. The van der Waals surface area contributed by atoms with E-state index in [0.29, 0.717) is 25.7 Å². The van der Waals surface area contributed by atoms with E-state index in [1.165, 1.54) is 0 Å². The zero-order valence-corrected chi connectivity index (χ0v) is 27.6. The number of ether oxygens (including phenoxy) is 3. The number of hydrogen-bond acceptors (Lipinski definition) is 8. The summed E-state index contributed by atoms with van der Waals surface area (Å²) in [7, 11) is 0. The Balaban J connectivity index is 1.86. The predicted octanol–water partition coefficient (Wildman–Crippen LogP) is 5.39. The van der Waals surface area contributed by atoms with Crippen LogP contribution in [0.15, 0.2) is 65.8 Å². The minimum atomic E-state index is -1.16. The van der Waals surface area contributed by atoms with E-state index in [9.17, 15) is 24.0 Å². The van der Waals surface area contributed by atoms with Gasteiger partial charge in [0.2, 0.25) is 11.8 Å². The Morgan fingerprint density at radius 3 is 1.65 bits per heavy atom. The van der Waals surface area contributed by atoms with Crippen LogP contribution < -0.4 is 21.3 Å². The van der Waals surface area contributed by atoms with Crippen molar-refractivity contribution in [1.29, 1.82) is 0 Å². The molecule has 0 aromatic heterocycles. The van der Waals surface area contributed by atoms with E-state index in [4.69, 9.17) is 19.7 Å². The normalized spacial score (nSPS) is 11.9. The van der Waals surface area contributed by atoms with E-state index >= 15 is 0 Å². The van der Waals surface area contributed by atoms with Gasteiger partial charge in [0.25, 0.3) is 0 Å². The number of amides is 5. The second kappa shape index (κ2) is 21.5. The lowest BCUT2D eigenvalue weighted by atomic mass is 10.1. The molecule has 0 heterocycles. The molecule has 0 unspecified atom stereocenters. The number of alkyl carbamates (subject to hydrolysis) is 3. The maximum atomic E-state index is 13.3. The first-order chi connectivity index (χ1) is 23.0. The zero-order valence-electron chi connectivity index (χ0n) is 27.6. The largest absolute Gasteiger partial charge is 0.445 e. The second-order valence-corrected chi connectivity index (χ2v) is 11.8. The molecule has 2 rings (SSSR count). The number of carbonyl (C=O) groups excluding carboxylic acids is 5. The van der Waals surface area contributed by atoms with Gasteiger partial charge in [-0.3, -0.25) is 9.59 Å². The maximum Gasteiger partial charge on any atom is 0.408 e. The number of benzene rings is 2. The van der Waals surface area contributed by atoms with Crippen molar-refractivity contribution in [1.82, 2.24) is 21.3 Å². The van der Waals surface area contributed by atoms with Crippen LogP contribution in [0, 0.1) is 0 Å². The first-order valence-electron chi connectivity index (χ1n) is 15.7. The van der Waals surface area contributed by atoms with Gasteiger partial charge in [0.1, 0.15) is 24.9 Å². The summed E-state index contributed by atoms with van der Waals surface area (Å²) >= 11 is 0. The molecule has 0 aliphatic heterocycles. The van der Waals surface area contributed by atoms with Crippen molar-refractivity contribution < 1.29 is 38.2 Å². The third kappa shape index (κ3) is 17.4. The van der Waals surface area contributed by atoms with Crippen molar-refractivity contribution in [3.63, 3.8) is 0 Å². The third-order valence-corrected chi connectivity index (χ3v) is 6.57. The summed E-state index contributed by atoms with van der Waals surface area (Å²) < 4.78 is 15.7. The fourth-order valence-electron chi connectivity index (χ4n) is 4.24. The lowest BCUT2D eigenvalue weighted by Crippen LogP contribution is -2.52. The fourth-order valence-corrected chi connectivity index (χ4v) is 4.24. The molecule has 260 valence electrons. The molecule has 0 aliphatic carbocycles. The van der Waals surface area contributed by atoms with Crippen molar-refractivity contribution in [2.24, 2.45) is 5.11 Å². The first kappa shape index (κ1) is 38.9. The Kier molecular flexibility index (Phi) is 17.4. The quantitative estimate of drug-likeness (QED) is 0.0531. The van der Waals surface area contributed by atoms with Crippen molar-refractivity contribution in [2.45, 2.75) is 90.2 Å². The molecule has 0 saturated carbocycles. The maximum absolute atomic E-state index is 13.3. The van der Waals surface area contributed by atoms with Crippen LogP contribution in [0.3, 0.4) is 0 Å². The Morgan fingerprint density at radius 1 is 0.708 bits per heavy atom. The van der Waals surface area contributed by atoms with E-state index in [-0.39, 0.29) is 39.1 Å². The topological polar surface area (TPSA) is 210 Å². The molecule has 2 aromatic carbocycles. The summed E-state index contributed by atoms with van der Waals surface area (Å²) in [6, 6.07) is 16.2. The number of nitrogens with one attached hydrogen (secondary N) is 4.